The zero-order valence-corrected chi connectivity index (χ0v) is 11.6. The number of aryl methyl sites for hydroxylation is 1. The van der Waals surface area contributed by atoms with Gasteiger partial charge in [0.25, 0.3) is 0 Å². The molecule has 0 aliphatic carbocycles. The maximum Gasteiger partial charge on any atom is 0.241 e. The molecule has 5 heteroatoms. The molecule has 0 bridgehead atoms. The number of carbonyl (C=O) groups excluding carboxylic acids is 1. The second-order valence-corrected chi connectivity index (χ2v) is 5.09. The monoisotopic (exact) mass is 334 g/mol. The van der Waals surface area contributed by atoms with Crippen molar-refractivity contribution in [3.05, 3.63) is 26.6 Å². The van der Waals surface area contributed by atoms with Crippen molar-refractivity contribution in [2.75, 3.05) is 5.32 Å². The Kier molecular flexibility index (Phi) is 4.31. The average molecular weight is 336 g/mol. The van der Waals surface area contributed by atoms with E-state index in [2.05, 4.69) is 37.2 Å². The molecule has 1 atom stereocenters. The van der Waals surface area contributed by atoms with Crippen molar-refractivity contribution >= 4 is 43.5 Å². The van der Waals surface area contributed by atoms with Gasteiger partial charge in [0.1, 0.15) is 0 Å². The number of nitrogens with one attached hydrogen (secondary N) is 1. The van der Waals surface area contributed by atoms with Crippen LogP contribution in [0, 0.1) is 6.92 Å². The molecule has 0 aliphatic rings. The quantitative estimate of drug-likeness (QED) is 0.873. The van der Waals surface area contributed by atoms with Crippen molar-refractivity contribution < 1.29 is 4.79 Å². The van der Waals surface area contributed by atoms with Crippen molar-refractivity contribution in [1.82, 2.24) is 0 Å². The molecule has 0 aliphatic heterocycles. The fraction of sp³-hybridized carbons (Fsp3) is 0.300. The number of halogens is 2. The minimum Gasteiger partial charge on any atom is -0.323 e. The number of benzene rings is 1. The summed E-state index contributed by atoms with van der Waals surface area (Å²) in [4.78, 5) is 11.4. The maximum absolute atomic E-state index is 11.4. The summed E-state index contributed by atoms with van der Waals surface area (Å²) in [7, 11) is 0. The van der Waals surface area contributed by atoms with Gasteiger partial charge < -0.3 is 11.1 Å². The van der Waals surface area contributed by atoms with E-state index in [1.54, 1.807) is 6.92 Å². The second kappa shape index (κ2) is 5.09. The molecular weight excluding hydrogens is 324 g/mol. The number of carbonyl (C=O) groups is 1. The van der Waals surface area contributed by atoms with Crippen LogP contribution in [-0.4, -0.2) is 11.9 Å². The highest BCUT2D eigenvalue weighted by molar-refractivity contribution is 9.11. The van der Waals surface area contributed by atoms with Gasteiger partial charge in [0.15, 0.2) is 0 Å². The van der Waals surface area contributed by atoms with E-state index in [4.69, 9.17) is 5.73 Å². The van der Waals surface area contributed by atoms with Crippen LogP contribution in [0.5, 0.6) is 0 Å². The molecule has 1 rings (SSSR count). The van der Waals surface area contributed by atoms with E-state index < -0.39 is 6.04 Å². The highest BCUT2D eigenvalue weighted by Gasteiger charge is 2.12. The maximum atomic E-state index is 11.4. The largest absolute Gasteiger partial charge is 0.323 e. The first-order chi connectivity index (χ1) is 6.91. The van der Waals surface area contributed by atoms with Crippen LogP contribution in [0.15, 0.2) is 21.1 Å². The molecule has 0 aromatic heterocycles. The summed E-state index contributed by atoms with van der Waals surface area (Å²) in [6.45, 7) is 3.62. The standard InChI is InChI=1S/C10H12Br2N2O/c1-5-3-7(11)9(8(12)4-5)14-10(15)6(2)13/h3-4,6H,13H2,1-2H3,(H,14,15). The predicted octanol–water partition coefficient (Wildman–Crippen LogP) is 2.81. The van der Waals surface area contributed by atoms with Crippen molar-refractivity contribution in [2.45, 2.75) is 19.9 Å². The van der Waals surface area contributed by atoms with Crippen LogP contribution in [-0.2, 0) is 4.79 Å². The van der Waals surface area contributed by atoms with Crippen molar-refractivity contribution in [3.63, 3.8) is 0 Å². The Hall–Kier alpha value is -0.390. The average Bonchev–Trinajstić information content (AvgIpc) is 2.10. The molecule has 1 amide bonds. The SMILES string of the molecule is Cc1cc(Br)c(NC(=O)C(C)N)c(Br)c1. The molecule has 1 aromatic carbocycles. The molecule has 0 spiro atoms. The van der Waals surface area contributed by atoms with Crippen LogP contribution in [0.2, 0.25) is 0 Å². The van der Waals surface area contributed by atoms with Gasteiger partial charge in [-0.3, -0.25) is 4.79 Å². The van der Waals surface area contributed by atoms with Crippen LogP contribution in [0.4, 0.5) is 5.69 Å². The Bertz CT molecular complexity index is 368. The molecule has 0 saturated heterocycles. The third-order valence-corrected chi connectivity index (χ3v) is 3.10. The molecule has 15 heavy (non-hydrogen) atoms. The topological polar surface area (TPSA) is 55.1 Å². The molecule has 3 N–H and O–H groups in total. The Morgan fingerprint density at radius 1 is 1.40 bits per heavy atom. The lowest BCUT2D eigenvalue weighted by atomic mass is 10.2. The molecule has 0 saturated carbocycles. The van der Waals surface area contributed by atoms with E-state index in [0.717, 1.165) is 14.5 Å². The van der Waals surface area contributed by atoms with Gasteiger partial charge in [0, 0.05) is 8.95 Å². The third-order valence-electron chi connectivity index (χ3n) is 1.85. The van der Waals surface area contributed by atoms with E-state index in [1.165, 1.54) is 0 Å². The van der Waals surface area contributed by atoms with Crippen LogP contribution in [0.1, 0.15) is 12.5 Å². The number of amides is 1. The Morgan fingerprint density at radius 2 is 1.87 bits per heavy atom. The smallest absolute Gasteiger partial charge is 0.241 e. The third kappa shape index (κ3) is 3.29. The van der Waals surface area contributed by atoms with E-state index in [-0.39, 0.29) is 5.91 Å². The summed E-state index contributed by atoms with van der Waals surface area (Å²) in [6, 6.07) is 3.34. The molecule has 1 aromatic rings. The molecule has 0 fully saturated rings. The van der Waals surface area contributed by atoms with Gasteiger partial charge in [-0.25, -0.2) is 0 Å². The Balaban J connectivity index is 3.00. The van der Waals surface area contributed by atoms with Crippen LogP contribution >= 0.6 is 31.9 Å². The van der Waals surface area contributed by atoms with Gasteiger partial charge in [-0.15, -0.1) is 0 Å². The van der Waals surface area contributed by atoms with E-state index >= 15 is 0 Å². The lowest BCUT2D eigenvalue weighted by molar-refractivity contribution is -0.117. The lowest BCUT2D eigenvalue weighted by Crippen LogP contribution is -2.32. The first kappa shape index (κ1) is 12.7. The zero-order valence-electron chi connectivity index (χ0n) is 8.47. The number of anilines is 1. The van der Waals surface area contributed by atoms with Crippen LogP contribution < -0.4 is 11.1 Å². The normalized spacial score (nSPS) is 12.3. The van der Waals surface area contributed by atoms with Crippen molar-refractivity contribution in [1.29, 1.82) is 0 Å². The molecule has 3 nitrogen and oxygen atoms in total. The highest BCUT2D eigenvalue weighted by Crippen LogP contribution is 2.32. The minimum atomic E-state index is -0.523. The van der Waals surface area contributed by atoms with Gasteiger partial charge in [-0.05, 0) is 63.4 Å². The van der Waals surface area contributed by atoms with Gasteiger partial charge in [0.2, 0.25) is 5.91 Å². The van der Waals surface area contributed by atoms with Gasteiger partial charge in [-0.2, -0.15) is 0 Å². The Morgan fingerprint density at radius 3 is 2.27 bits per heavy atom. The summed E-state index contributed by atoms with van der Waals surface area (Å²) < 4.78 is 1.67. The summed E-state index contributed by atoms with van der Waals surface area (Å²) in [5, 5.41) is 2.75. The highest BCUT2D eigenvalue weighted by atomic mass is 79.9. The first-order valence-electron chi connectivity index (χ1n) is 4.44. The van der Waals surface area contributed by atoms with Gasteiger partial charge in [-0.1, -0.05) is 0 Å². The molecule has 0 radical (unpaired) electrons. The molecule has 1 unspecified atom stereocenters. The summed E-state index contributed by atoms with van der Waals surface area (Å²) in [6.07, 6.45) is 0. The number of hydrogen-bond acceptors (Lipinski definition) is 2. The van der Waals surface area contributed by atoms with Gasteiger partial charge >= 0.3 is 0 Å². The van der Waals surface area contributed by atoms with Crippen molar-refractivity contribution in [3.8, 4) is 0 Å². The fourth-order valence-corrected chi connectivity index (χ4v) is 2.67. The van der Waals surface area contributed by atoms with E-state index in [1.807, 2.05) is 19.1 Å². The van der Waals surface area contributed by atoms with Crippen LogP contribution in [0.25, 0.3) is 0 Å². The first-order valence-corrected chi connectivity index (χ1v) is 6.02. The van der Waals surface area contributed by atoms with Crippen molar-refractivity contribution in [2.24, 2.45) is 5.73 Å². The summed E-state index contributed by atoms with van der Waals surface area (Å²) in [5.74, 6) is -0.208. The number of nitrogens with two attached hydrogens (primary N) is 1. The Labute approximate surface area is 106 Å². The molecule has 0 heterocycles. The zero-order chi connectivity index (χ0) is 11.6. The lowest BCUT2D eigenvalue weighted by Gasteiger charge is -2.12. The molecule has 82 valence electrons. The number of rotatable bonds is 2. The molecular formula is C10H12Br2N2O. The van der Waals surface area contributed by atoms with E-state index in [0.29, 0.717) is 5.69 Å². The number of hydrogen-bond donors (Lipinski definition) is 2. The second-order valence-electron chi connectivity index (χ2n) is 3.38. The fourth-order valence-electron chi connectivity index (χ4n) is 1.06. The predicted molar refractivity (Wildman–Crippen MR) is 68.9 cm³/mol. The van der Waals surface area contributed by atoms with E-state index in [9.17, 15) is 4.79 Å². The summed E-state index contributed by atoms with van der Waals surface area (Å²) >= 11 is 6.78. The van der Waals surface area contributed by atoms with Crippen LogP contribution in [0.3, 0.4) is 0 Å². The minimum absolute atomic E-state index is 0.208. The summed E-state index contributed by atoms with van der Waals surface area (Å²) in [5.41, 5.74) is 7.29. The van der Waals surface area contributed by atoms with Gasteiger partial charge in [0.05, 0.1) is 11.7 Å².